The Morgan fingerprint density at radius 1 is 1.20 bits per heavy atom. The van der Waals surface area contributed by atoms with Gasteiger partial charge in [-0.15, -0.1) is 0 Å². The molecule has 2 heteroatoms. The molecule has 0 spiro atoms. The van der Waals surface area contributed by atoms with E-state index in [-0.39, 0.29) is 0 Å². The maximum Gasteiger partial charge on any atom is 0.108 e. The van der Waals surface area contributed by atoms with Crippen molar-refractivity contribution in [3.63, 3.8) is 0 Å². The van der Waals surface area contributed by atoms with E-state index < -0.39 is 0 Å². The Labute approximate surface area is 90.2 Å². The zero-order valence-electron chi connectivity index (χ0n) is 8.93. The maximum atomic E-state index is 5.82. The van der Waals surface area contributed by atoms with Crippen LogP contribution in [0.25, 0.3) is 0 Å². The van der Waals surface area contributed by atoms with Crippen molar-refractivity contribution >= 4 is 0 Å². The molecular weight excluding hydrogens is 188 g/mol. The number of epoxide rings is 1. The van der Waals surface area contributed by atoms with E-state index in [1.807, 2.05) is 0 Å². The normalized spacial score (nSPS) is 35.7. The lowest BCUT2D eigenvalue weighted by atomic mass is 9.91. The number of hydrogen-bond donors (Lipinski definition) is 0. The largest absolute Gasteiger partial charge is 0.375 e. The van der Waals surface area contributed by atoms with Gasteiger partial charge in [-0.2, -0.15) is 0 Å². The lowest BCUT2D eigenvalue weighted by molar-refractivity contribution is 0.0156. The molecule has 2 aliphatic heterocycles. The van der Waals surface area contributed by atoms with Crippen molar-refractivity contribution in [3.8, 4) is 0 Å². The molecule has 1 aromatic carbocycles. The van der Waals surface area contributed by atoms with E-state index in [1.54, 1.807) is 0 Å². The summed E-state index contributed by atoms with van der Waals surface area (Å²) in [5, 5.41) is 0. The molecule has 2 nitrogen and oxygen atoms in total. The van der Waals surface area contributed by atoms with Gasteiger partial charge in [0.15, 0.2) is 0 Å². The summed E-state index contributed by atoms with van der Waals surface area (Å²) in [7, 11) is 0. The standard InChI is InChI=1S/C13H16O2/c1-9(10-5-3-2-4-6-10)11-7-12-13(15-12)8-14-11/h2-6,9,11-13H,7-8H2,1H3/t9-,11-,12-,13+/m0/s1. The molecule has 0 radical (unpaired) electrons. The molecule has 0 N–H and O–H groups in total. The van der Waals surface area contributed by atoms with Crippen molar-refractivity contribution < 1.29 is 9.47 Å². The highest BCUT2D eigenvalue weighted by molar-refractivity contribution is 5.20. The predicted molar refractivity (Wildman–Crippen MR) is 57.9 cm³/mol. The van der Waals surface area contributed by atoms with Crippen LogP contribution in [0.15, 0.2) is 30.3 Å². The Balaban J connectivity index is 1.71. The van der Waals surface area contributed by atoms with Crippen LogP contribution >= 0.6 is 0 Å². The molecular formula is C13H16O2. The second-order valence-electron chi connectivity index (χ2n) is 4.52. The van der Waals surface area contributed by atoms with Crippen LogP contribution < -0.4 is 0 Å². The van der Waals surface area contributed by atoms with Crippen LogP contribution in [0.2, 0.25) is 0 Å². The molecule has 0 amide bonds. The summed E-state index contributed by atoms with van der Waals surface area (Å²) in [6.07, 6.45) is 2.27. The first-order valence-electron chi connectivity index (χ1n) is 5.66. The highest BCUT2D eigenvalue weighted by Crippen LogP contribution is 2.37. The topological polar surface area (TPSA) is 21.8 Å². The average molecular weight is 204 g/mol. The van der Waals surface area contributed by atoms with Gasteiger partial charge in [0.25, 0.3) is 0 Å². The molecule has 15 heavy (non-hydrogen) atoms. The zero-order valence-corrected chi connectivity index (χ0v) is 8.93. The molecule has 0 saturated carbocycles. The van der Waals surface area contributed by atoms with Gasteiger partial charge in [-0.25, -0.2) is 0 Å². The fourth-order valence-electron chi connectivity index (χ4n) is 2.37. The molecule has 4 atom stereocenters. The van der Waals surface area contributed by atoms with E-state index >= 15 is 0 Å². The molecule has 0 bridgehead atoms. The van der Waals surface area contributed by atoms with Crippen molar-refractivity contribution in [2.75, 3.05) is 6.61 Å². The highest BCUT2D eigenvalue weighted by atomic mass is 16.6. The fraction of sp³-hybridized carbons (Fsp3) is 0.538. The Morgan fingerprint density at radius 2 is 2.00 bits per heavy atom. The summed E-state index contributed by atoms with van der Waals surface area (Å²) in [5.74, 6) is 0.469. The minimum Gasteiger partial charge on any atom is -0.375 e. The van der Waals surface area contributed by atoms with E-state index in [9.17, 15) is 0 Å². The summed E-state index contributed by atoms with van der Waals surface area (Å²) in [4.78, 5) is 0. The Morgan fingerprint density at radius 3 is 2.73 bits per heavy atom. The maximum absolute atomic E-state index is 5.82. The molecule has 2 heterocycles. The smallest absolute Gasteiger partial charge is 0.108 e. The van der Waals surface area contributed by atoms with E-state index in [0.29, 0.717) is 24.2 Å². The number of ether oxygens (including phenoxy) is 2. The fourth-order valence-corrected chi connectivity index (χ4v) is 2.37. The van der Waals surface area contributed by atoms with Crippen LogP contribution in [0.4, 0.5) is 0 Å². The van der Waals surface area contributed by atoms with Crippen LogP contribution in [0.3, 0.4) is 0 Å². The summed E-state index contributed by atoms with van der Waals surface area (Å²) in [5.41, 5.74) is 1.36. The number of fused-ring (bicyclic) bond motifs is 1. The van der Waals surface area contributed by atoms with Crippen LogP contribution in [-0.2, 0) is 9.47 Å². The van der Waals surface area contributed by atoms with Crippen molar-refractivity contribution in [3.05, 3.63) is 35.9 Å². The zero-order chi connectivity index (χ0) is 10.3. The number of benzene rings is 1. The summed E-state index contributed by atoms with van der Waals surface area (Å²) in [6, 6.07) is 10.6. The lowest BCUT2D eigenvalue weighted by Gasteiger charge is -2.26. The minimum atomic E-state index is 0.330. The van der Waals surface area contributed by atoms with Crippen LogP contribution in [0.5, 0.6) is 0 Å². The van der Waals surface area contributed by atoms with Gasteiger partial charge in [-0.05, 0) is 5.56 Å². The summed E-state index contributed by atoms with van der Waals surface area (Å²) in [6.45, 7) is 3.02. The number of hydrogen-bond acceptors (Lipinski definition) is 2. The molecule has 0 aliphatic carbocycles. The van der Waals surface area contributed by atoms with Crippen molar-refractivity contribution in [2.45, 2.75) is 37.6 Å². The monoisotopic (exact) mass is 204 g/mol. The van der Waals surface area contributed by atoms with Crippen LogP contribution in [-0.4, -0.2) is 24.9 Å². The predicted octanol–water partition coefficient (Wildman–Crippen LogP) is 2.35. The molecule has 0 aromatic heterocycles. The molecule has 1 aromatic rings. The van der Waals surface area contributed by atoms with Gasteiger partial charge >= 0.3 is 0 Å². The molecule has 2 saturated heterocycles. The third kappa shape index (κ3) is 1.80. The van der Waals surface area contributed by atoms with E-state index in [0.717, 1.165) is 13.0 Å². The molecule has 80 valence electrons. The van der Waals surface area contributed by atoms with Gasteiger partial charge in [0.2, 0.25) is 0 Å². The Kier molecular flexibility index (Phi) is 2.26. The van der Waals surface area contributed by atoms with E-state index in [4.69, 9.17) is 9.47 Å². The second-order valence-corrected chi connectivity index (χ2v) is 4.52. The third-order valence-corrected chi connectivity index (χ3v) is 3.51. The van der Waals surface area contributed by atoms with Gasteiger partial charge in [-0.1, -0.05) is 37.3 Å². The average Bonchev–Trinajstić information content (AvgIpc) is 3.07. The summed E-state index contributed by atoms with van der Waals surface area (Å²) < 4.78 is 11.3. The Hall–Kier alpha value is -0.860. The van der Waals surface area contributed by atoms with Gasteiger partial charge in [0.1, 0.15) is 6.10 Å². The first-order chi connectivity index (χ1) is 7.34. The summed E-state index contributed by atoms with van der Waals surface area (Å²) >= 11 is 0. The van der Waals surface area contributed by atoms with Crippen molar-refractivity contribution in [1.29, 1.82) is 0 Å². The van der Waals surface area contributed by atoms with Gasteiger partial charge in [0, 0.05) is 12.3 Å². The number of rotatable bonds is 2. The quantitative estimate of drug-likeness (QED) is 0.690. The minimum absolute atomic E-state index is 0.330. The SMILES string of the molecule is C[C@@H](c1ccccc1)[C@@H]1C[C@@H]2O[C@@H]2CO1. The van der Waals surface area contributed by atoms with Gasteiger partial charge < -0.3 is 9.47 Å². The third-order valence-electron chi connectivity index (χ3n) is 3.51. The van der Waals surface area contributed by atoms with Crippen LogP contribution in [0, 0.1) is 0 Å². The highest BCUT2D eigenvalue weighted by Gasteiger charge is 2.46. The molecule has 3 rings (SSSR count). The first-order valence-corrected chi connectivity index (χ1v) is 5.66. The first kappa shape index (κ1) is 9.37. The van der Waals surface area contributed by atoms with E-state index in [2.05, 4.69) is 37.3 Å². The van der Waals surface area contributed by atoms with Gasteiger partial charge in [0.05, 0.1) is 18.8 Å². The van der Waals surface area contributed by atoms with Crippen molar-refractivity contribution in [1.82, 2.24) is 0 Å². The Bertz CT molecular complexity index is 336. The molecule has 0 unspecified atom stereocenters. The van der Waals surface area contributed by atoms with Gasteiger partial charge in [-0.3, -0.25) is 0 Å². The molecule has 2 fully saturated rings. The molecule has 2 aliphatic rings. The lowest BCUT2D eigenvalue weighted by Crippen LogP contribution is -2.29. The van der Waals surface area contributed by atoms with E-state index in [1.165, 1.54) is 5.56 Å². The van der Waals surface area contributed by atoms with Crippen LogP contribution in [0.1, 0.15) is 24.8 Å². The second kappa shape index (κ2) is 3.62. The van der Waals surface area contributed by atoms with Crippen molar-refractivity contribution in [2.24, 2.45) is 0 Å².